The lowest BCUT2D eigenvalue weighted by atomic mass is 10.0. The van der Waals surface area contributed by atoms with Gasteiger partial charge in [-0.05, 0) is 56.2 Å². The Morgan fingerprint density at radius 3 is 2.83 bits per heavy atom. The smallest absolute Gasteiger partial charge is 0.258 e. The zero-order chi connectivity index (χ0) is 21.3. The number of benzene rings is 2. The maximum absolute atomic E-state index is 14.5. The molecule has 0 aliphatic rings. The van der Waals surface area contributed by atoms with Gasteiger partial charge in [0.25, 0.3) is 5.89 Å². The molecule has 0 saturated heterocycles. The molecule has 4 aromatic rings. The van der Waals surface area contributed by atoms with Crippen molar-refractivity contribution in [1.82, 2.24) is 15.1 Å². The first kappa shape index (κ1) is 19.6. The quantitative estimate of drug-likeness (QED) is 0.450. The summed E-state index contributed by atoms with van der Waals surface area (Å²) in [4.78, 5) is 7.63. The number of aromatic amines is 1. The summed E-state index contributed by atoms with van der Waals surface area (Å²) in [5.41, 5.74) is 3.22. The van der Waals surface area contributed by atoms with Gasteiger partial charge in [-0.2, -0.15) is 10.2 Å². The van der Waals surface area contributed by atoms with Crippen LogP contribution in [0.4, 0.5) is 4.39 Å². The van der Waals surface area contributed by atoms with Crippen molar-refractivity contribution in [1.29, 1.82) is 5.26 Å². The zero-order valence-corrected chi connectivity index (χ0v) is 17.0. The molecule has 7 heteroatoms. The first-order valence-corrected chi connectivity index (χ1v) is 9.85. The van der Waals surface area contributed by atoms with Gasteiger partial charge in [-0.25, -0.2) is 4.39 Å². The molecule has 4 rings (SSSR count). The molecular formula is C23H21FN4O2. The number of hydrogen-bond acceptors (Lipinski definition) is 5. The van der Waals surface area contributed by atoms with Crippen LogP contribution in [0.15, 0.2) is 41.1 Å². The molecule has 0 saturated carbocycles. The zero-order valence-electron chi connectivity index (χ0n) is 17.0. The van der Waals surface area contributed by atoms with Crippen LogP contribution < -0.4 is 4.74 Å². The Bertz CT molecular complexity index is 1250. The van der Waals surface area contributed by atoms with E-state index >= 15 is 0 Å². The second kappa shape index (κ2) is 7.99. The van der Waals surface area contributed by atoms with Crippen LogP contribution in [0.3, 0.4) is 0 Å². The van der Waals surface area contributed by atoms with Gasteiger partial charge < -0.3 is 14.2 Å². The van der Waals surface area contributed by atoms with Crippen LogP contribution in [-0.2, 0) is 6.42 Å². The summed E-state index contributed by atoms with van der Waals surface area (Å²) in [6, 6.07) is 10.3. The van der Waals surface area contributed by atoms with Gasteiger partial charge in [-0.3, -0.25) is 0 Å². The van der Waals surface area contributed by atoms with Crippen LogP contribution in [-0.4, -0.2) is 21.2 Å². The summed E-state index contributed by atoms with van der Waals surface area (Å²) in [6.07, 6.45) is 3.48. The van der Waals surface area contributed by atoms with Gasteiger partial charge in [0.15, 0.2) is 0 Å². The van der Waals surface area contributed by atoms with Crippen LogP contribution in [0.1, 0.15) is 38.3 Å². The number of ether oxygens (including phenoxy) is 1. The van der Waals surface area contributed by atoms with Crippen LogP contribution in [0.2, 0.25) is 0 Å². The van der Waals surface area contributed by atoms with E-state index in [1.54, 1.807) is 24.3 Å². The molecule has 0 spiro atoms. The summed E-state index contributed by atoms with van der Waals surface area (Å²) in [5.74, 6) is 0.851. The fourth-order valence-electron chi connectivity index (χ4n) is 3.48. The molecule has 0 aliphatic heterocycles. The molecule has 0 aliphatic carbocycles. The Kier molecular flexibility index (Phi) is 5.23. The van der Waals surface area contributed by atoms with Crippen molar-refractivity contribution in [3.63, 3.8) is 0 Å². The SMILES string of the molecule is CCCc1c[nH]c2c(-c3noc(-c4ccc(OC(C)C)c(C#N)c4)n3)ccc(F)c12. The average Bonchev–Trinajstić information content (AvgIpc) is 3.37. The van der Waals surface area contributed by atoms with Crippen molar-refractivity contribution < 1.29 is 13.7 Å². The topological polar surface area (TPSA) is 87.7 Å². The Hall–Kier alpha value is -3.66. The van der Waals surface area contributed by atoms with Crippen molar-refractivity contribution in [3.05, 3.63) is 53.5 Å². The number of nitrogens with one attached hydrogen (secondary N) is 1. The van der Waals surface area contributed by atoms with Gasteiger partial charge in [-0.15, -0.1) is 0 Å². The van der Waals surface area contributed by atoms with Crippen molar-refractivity contribution in [2.75, 3.05) is 0 Å². The highest BCUT2D eigenvalue weighted by Crippen LogP contribution is 2.33. The van der Waals surface area contributed by atoms with E-state index in [4.69, 9.17) is 9.26 Å². The number of rotatable bonds is 6. The lowest BCUT2D eigenvalue weighted by Gasteiger charge is -2.11. The maximum atomic E-state index is 14.5. The number of fused-ring (bicyclic) bond motifs is 1. The number of aromatic nitrogens is 3. The Balaban J connectivity index is 1.74. The molecule has 30 heavy (non-hydrogen) atoms. The molecule has 1 N–H and O–H groups in total. The predicted molar refractivity (Wildman–Crippen MR) is 111 cm³/mol. The minimum atomic E-state index is -0.276. The summed E-state index contributed by atoms with van der Waals surface area (Å²) in [6.45, 7) is 5.85. The van der Waals surface area contributed by atoms with E-state index in [2.05, 4.69) is 28.1 Å². The number of nitriles is 1. The van der Waals surface area contributed by atoms with E-state index in [1.807, 2.05) is 20.0 Å². The predicted octanol–water partition coefficient (Wildman–Crippen LogP) is 5.64. The Morgan fingerprint density at radius 2 is 2.10 bits per heavy atom. The van der Waals surface area contributed by atoms with Crippen LogP contribution in [0, 0.1) is 17.1 Å². The molecule has 0 fully saturated rings. The highest BCUT2D eigenvalue weighted by Gasteiger charge is 2.18. The Morgan fingerprint density at radius 1 is 1.27 bits per heavy atom. The van der Waals surface area contributed by atoms with Gasteiger partial charge in [0.1, 0.15) is 17.6 Å². The normalized spacial score (nSPS) is 11.2. The molecule has 2 heterocycles. The average molecular weight is 404 g/mol. The third-order valence-corrected chi connectivity index (χ3v) is 4.76. The molecule has 6 nitrogen and oxygen atoms in total. The Labute approximate surface area is 173 Å². The summed E-state index contributed by atoms with van der Waals surface area (Å²) in [5, 5.41) is 14.1. The molecule has 152 valence electrons. The molecule has 2 aromatic carbocycles. The number of halogens is 1. The van der Waals surface area contributed by atoms with E-state index in [-0.39, 0.29) is 17.8 Å². The van der Waals surface area contributed by atoms with Crippen molar-refractivity contribution in [3.8, 4) is 34.7 Å². The second-order valence-corrected chi connectivity index (χ2v) is 7.32. The lowest BCUT2D eigenvalue weighted by Crippen LogP contribution is -2.06. The number of H-pyrrole nitrogens is 1. The second-order valence-electron chi connectivity index (χ2n) is 7.32. The van der Waals surface area contributed by atoms with Gasteiger partial charge in [-0.1, -0.05) is 18.5 Å². The third kappa shape index (κ3) is 3.52. The number of nitrogens with zero attached hydrogens (tertiary/aromatic N) is 3. The highest BCUT2D eigenvalue weighted by molar-refractivity contribution is 5.95. The first-order valence-electron chi connectivity index (χ1n) is 9.85. The van der Waals surface area contributed by atoms with E-state index < -0.39 is 0 Å². The molecule has 0 unspecified atom stereocenters. The van der Waals surface area contributed by atoms with Gasteiger partial charge >= 0.3 is 0 Å². The highest BCUT2D eigenvalue weighted by atomic mass is 19.1. The van der Waals surface area contributed by atoms with Crippen LogP contribution >= 0.6 is 0 Å². The first-order chi connectivity index (χ1) is 14.5. The molecule has 2 aromatic heterocycles. The van der Waals surface area contributed by atoms with E-state index in [9.17, 15) is 9.65 Å². The van der Waals surface area contributed by atoms with E-state index in [1.165, 1.54) is 6.07 Å². The van der Waals surface area contributed by atoms with Crippen molar-refractivity contribution in [2.24, 2.45) is 0 Å². The minimum Gasteiger partial charge on any atom is -0.490 e. The fraction of sp³-hybridized carbons (Fsp3) is 0.261. The summed E-state index contributed by atoms with van der Waals surface area (Å²) in [7, 11) is 0. The molecule has 0 radical (unpaired) electrons. The van der Waals surface area contributed by atoms with Crippen molar-refractivity contribution in [2.45, 2.75) is 39.7 Å². The fourth-order valence-corrected chi connectivity index (χ4v) is 3.48. The van der Waals surface area contributed by atoms with Gasteiger partial charge in [0.05, 0.1) is 17.2 Å². The molecule has 0 amide bonds. The summed E-state index contributed by atoms with van der Waals surface area (Å²) < 4.78 is 25.5. The third-order valence-electron chi connectivity index (χ3n) is 4.76. The molecule has 0 atom stereocenters. The van der Waals surface area contributed by atoms with Crippen molar-refractivity contribution >= 4 is 10.9 Å². The monoisotopic (exact) mass is 404 g/mol. The lowest BCUT2D eigenvalue weighted by molar-refractivity contribution is 0.241. The van der Waals surface area contributed by atoms with Gasteiger partial charge in [0, 0.05) is 22.7 Å². The van der Waals surface area contributed by atoms with E-state index in [0.29, 0.717) is 39.2 Å². The standard InChI is InChI=1S/C23H21FN4O2/c1-4-5-15-12-26-21-17(7-8-18(24)20(15)21)22-27-23(30-28-22)14-6-9-19(29-13(2)3)16(10-14)11-25/h6-10,12-13,26H,4-5H2,1-3H3. The number of aryl methyl sites for hydroxylation is 1. The van der Waals surface area contributed by atoms with Crippen LogP contribution in [0.25, 0.3) is 33.7 Å². The summed E-state index contributed by atoms with van der Waals surface area (Å²) >= 11 is 0. The largest absolute Gasteiger partial charge is 0.490 e. The molecule has 0 bridgehead atoms. The molecular weight excluding hydrogens is 383 g/mol. The minimum absolute atomic E-state index is 0.0442. The van der Waals surface area contributed by atoms with Gasteiger partial charge in [0.2, 0.25) is 5.82 Å². The maximum Gasteiger partial charge on any atom is 0.258 e. The number of hydrogen-bond donors (Lipinski definition) is 1. The van der Waals surface area contributed by atoms with Crippen LogP contribution in [0.5, 0.6) is 5.75 Å². The van der Waals surface area contributed by atoms with E-state index in [0.717, 1.165) is 18.4 Å².